The minimum atomic E-state index is -0.806. The number of allylic oxidation sites excluding steroid dienone is 3. The quantitative estimate of drug-likeness (QED) is 0.201. The van der Waals surface area contributed by atoms with Crippen molar-refractivity contribution in [2.45, 2.75) is 38.5 Å². The van der Waals surface area contributed by atoms with Gasteiger partial charge in [0.05, 0.1) is 31.3 Å². The van der Waals surface area contributed by atoms with E-state index in [9.17, 15) is 19.7 Å². The summed E-state index contributed by atoms with van der Waals surface area (Å²) >= 11 is 0. The molecule has 10 heteroatoms. The third kappa shape index (κ3) is 5.80. The molecule has 0 fully saturated rings. The maximum absolute atomic E-state index is 13.8. The van der Waals surface area contributed by atoms with E-state index in [2.05, 4.69) is 5.32 Å². The Kier molecular flexibility index (Phi) is 8.65. The molecule has 1 heterocycles. The van der Waals surface area contributed by atoms with E-state index in [1.165, 1.54) is 12.1 Å². The summed E-state index contributed by atoms with van der Waals surface area (Å²) in [6.07, 6.45) is 0.707. The molecule has 1 N–H and O–H groups in total. The van der Waals surface area contributed by atoms with Crippen LogP contribution in [0.4, 0.5) is 5.69 Å². The Morgan fingerprint density at radius 2 is 1.82 bits per heavy atom. The lowest BCUT2D eigenvalue weighted by molar-refractivity contribution is -0.384. The van der Waals surface area contributed by atoms with E-state index in [-0.39, 0.29) is 42.6 Å². The molecular weight excluding hydrogens is 504 g/mol. The van der Waals surface area contributed by atoms with Gasteiger partial charge in [-0.25, -0.2) is 4.79 Å². The molecule has 4 rings (SSSR count). The average Bonchev–Trinajstić information content (AvgIpc) is 2.93. The fraction of sp³-hybridized carbons (Fsp3) is 0.379. The Balaban J connectivity index is 1.75. The molecule has 0 bridgehead atoms. The molecule has 0 radical (unpaired) electrons. The number of nitro groups is 1. The highest BCUT2D eigenvalue weighted by Crippen LogP contribution is 2.46. The zero-order chi connectivity index (χ0) is 28.1. The number of nitro benzene ring substituents is 1. The van der Waals surface area contributed by atoms with Gasteiger partial charge in [-0.15, -0.1) is 0 Å². The highest BCUT2D eigenvalue weighted by molar-refractivity contribution is 6.04. The first kappa shape index (κ1) is 27.8. The highest BCUT2D eigenvalue weighted by atomic mass is 16.6. The summed E-state index contributed by atoms with van der Waals surface area (Å²) < 4.78 is 21.6. The van der Waals surface area contributed by atoms with Gasteiger partial charge < -0.3 is 24.3 Å². The fourth-order valence-corrected chi connectivity index (χ4v) is 5.22. The summed E-state index contributed by atoms with van der Waals surface area (Å²) in [5.41, 5.74) is 3.18. The molecule has 2 aromatic carbocycles. The number of Topliss-reactive ketones (excluding diaryl/α,β-unsaturated/α-hetero) is 1. The molecule has 10 nitrogen and oxygen atoms in total. The van der Waals surface area contributed by atoms with Gasteiger partial charge in [0.25, 0.3) is 5.69 Å². The van der Waals surface area contributed by atoms with Gasteiger partial charge in [-0.2, -0.15) is 0 Å². The van der Waals surface area contributed by atoms with Gasteiger partial charge in [0.1, 0.15) is 6.61 Å². The number of hydrogen-bond acceptors (Lipinski definition) is 9. The monoisotopic (exact) mass is 536 g/mol. The van der Waals surface area contributed by atoms with Crippen LogP contribution in [0.1, 0.15) is 49.7 Å². The zero-order valence-electron chi connectivity index (χ0n) is 22.4. The fourth-order valence-electron chi connectivity index (χ4n) is 5.22. The summed E-state index contributed by atoms with van der Waals surface area (Å²) in [4.78, 5) is 38.1. The van der Waals surface area contributed by atoms with Crippen molar-refractivity contribution in [2.24, 2.45) is 0 Å². The number of ketones is 1. The predicted octanol–water partition coefficient (Wildman–Crippen LogP) is 4.55. The standard InChI is InChI=1S/C29H32N2O8/c1-5-38-11-12-39-29(33)26-17(2)30-22-14-20(18-9-10-24(36-3)25(16-18)37-4)15-23(32)28(22)27(26)19-7-6-8-21(13-19)31(34)35/h6-10,13,16,20,27,30H,5,11-12,14-15H2,1-4H3/t20-,27+/m0/s1. The minimum Gasteiger partial charge on any atom is -0.493 e. The number of ether oxygens (including phenoxy) is 4. The van der Waals surface area contributed by atoms with Gasteiger partial charge in [0.2, 0.25) is 0 Å². The van der Waals surface area contributed by atoms with Gasteiger partial charge in [-0.05, 0) is 49.4 Å². The third-order valence-corrected chi connectivity index (χ3v) is 7.01. The van der Waals surface area contributed by atoms with Crippen molar-refractivity contribution < 1.29 is 33.5 Å². The first-order valence-electron chi connectivity index (χ1n) is 12.7. The topological polar surface area (TPSA) is 126 Å². The largest absolute Gasteiger partial charge is 0.493 e. The minimum absolute atomic E-state index is 0.0480. The van der Waals surface area contributed by atoms with Gasteiger partial charge >= 0.3 is 5.97 Å². The van der Waals surface area contributed by atoms with E-state index in [1.807, 2.05) is 25.1 Å². The second-order valence-corrected chi connectivity index (χ2v) is 9.32. The van der Waals surface area contributed by atoms with E-state index in [1.54, 1.807) is 33.3 Å². The van der Waals surface area contributed by atoms with Crippen LogP contribution in [-0.2, 0) is 19.1 Å². The van der Waals surface area contributed by atoms with Crippen LogP contribution in [0.25, 0.3) is 0 Å². The lowest BCUT2D eigenvalue weighted by atomic mass is 9.71. The van der Waals surface area contributed by atoms with E-state index in [0.717, 1.165) is 5.56 Å². The number of esters is 1. The summed E-state index contributed by atoms with van der Waals surface area (Å²) in [7, 11) is 3.12. The number of methoxy groups -OCH3 is 2. The van der Waals surface area contributed by atoms with Gasteiger partial charge in [0.15, 0.2) is 17.3 Å². The lowest BCUT2D eigenvalue weighted by Gasteiger charge is -2.36. The molecule has 0 spiro atoms. The number of carbonyl (C=O) groups is 2. The molecule has 1 aliphatic carbocycles. The van der Waals surface area contributed by atoms with Crippen LogP contribution in [0.15, 0.2) is 65.0 Å². The normalized spacial score (nSPS) is 18.8. The number of dihydropyridines is 1. The summed E-state index contributed by atoms with van der Waals surface area (Å²) in [6.45, 7) is 4.37. The molecule has 1 aliphatic heterocycles. The second-order valence-electron chi connectivity index (χ2n) is 9.32. The van der Waals surface area contributed by atoms with Crippen LogP contribution in [0.3, 0.4) is 0 Å². The Morgan fingerprint density at radius 1 is 1.05 bits per heavy atom. The van der Waals surface area contributed by atoms with Crippen molar-refractivity contribution in [1.29, 1.82) is 0 Å². The third-order valence-electron chi connectivity index (χ3n) is 7.01. The molecule has 0 amide bonds. The molecule has 0 aromatic heterocycles. The van der Waals surface area contributed by atoms with Gasteiger partial charge in [-0.1, -0.05) is 18.2 Å². The van der Waals surface area contributed by atoms with E-state index < -0.39 is 16.8 Å². The summed E-state index contributed by atoms with van der Waals surface area (Å²) in [5, 5.41) is 14.8. The first-order chi connectivity index (χ1) is 18.8. The molecular formula is C29H32N2O8. The highest BCUT2D eigenvalue weighted by Gasteiger charge is 2.42. The molecule has 2 aliphatic rings. The second kappa shape index (κ2) is 12.1. The van der Waals surface area contributed by atoms with Crippen molar-refractivity contribution >= 4 is 17.4 Å². The van der Waals surface area contributed by atoms with E-state index in [4.69, 9.17) is 18.9 Å². The first-order valence-corrected chi connectivity index (χ1v) is 12.7. The van der Waals surface area contributed by atoms with Crippen molar-refractivity contribution in [3.8, 4) is 11.5 Å². The summed E-state index contributed by atoms with van der Waals surface area (Å²) in [5.74, 6) is -0.524. The maximum Gasteiger partial charge on any atom is 0.336 e. The maximum atomic E-state index is 13.8. The molecule has 2 aromatic rings. The van der Waals surface area contributed by atoms with Crippen LogP contribution in [0, 0.1) is 10.1 Å². The van der Waals surface area contributed by atoms with Crippen LogP contribution >= 0.6 is 0 Å². The van der Waals surface area contributed by atoms with Crippen molar-refractivity contribution in [3.63, 3.8) is 0 Å². The Morgan fingerprint density at radius 3 is 2.51 bits per heavy atom. The smallest absolute Gasteiger partial charge is 0.336 e. The van der Waals surface area contributed by atoms with Crippen LogP contribution in [-0.4, -0.2) is 50.7 Å². The van der Waals surface area contributed by atoms with Crippen LogP contribution in [0.5, 0.6) is 11.5 Å². The van der Waals surface area contributed by atoms with Gasteiger partial charge in [-0.3, -0.25) is 14.9 Å². The number of nitrogens with zero attached hydrogens (tertiary/aromatic N) is 1. The van der Waals surface area contributed by atoms with Crippen molar-refractivity contribution in [1.82, 2.24) is 5.32 Å². The van der Waals surface area contributed by atoms with Gasteiger partial charge in [0, 0.05) is 48.0 Å². The predicted molar refractivity (Wildman–Crippen MR) is 143 cm³/mol. The van der Waals surface area contributed by atoms with Crippen LogP contribution < -0.4 is 14.8 Å². The molecule has 0 saturated heterocycles. The lowest BCUT2D eigenvalue weighted by Crippen LogP contribution is -2.36. The molecule has 2 atom stereocenters. The number of hydrogen-bond donors (Lipinski definition) is 1. The number of non-ortho nitro benzene ring substituents is 1. The number of carbonyl (C=O) groups excluding carboxylic acids is 2. The zero-order valence-corrected chi connectivity index (χ0v) is 22.4. The number of rotatable bonds is 10. The Bertz CT molecular complexity index is 1350. The number of benzene rings is 2. The average molecular weight is 537 g/mol. The van der Waals surface area contributed by atoms with Crippen molar-refractivity contribution in [3.05, 3.63) is 86.2 Å². The molecule has 206 valence electrons. The molecule has 0 unspecified atom stereocenters. The van der Waals surface area contributed by atoms with Crippen molar-refractivity contribution in [2.75, 3.05) is 34.0 Å². The summed E-state index contributed by atoms with van der Waals surface area (Å²) in [6, 6.07) is 11.6. The van der Waals surface area contributed by atoms with E-state index in [0.29, 0.717) is 47.1 Å². The molecule has 0 saturated carbocycles. The van der Waals surface area contributed by atoms with E-state index >= 15 is 0 Å². The van der Waals surface area contributed by atoms with Crippen LogP contribution in [0.2, 0.25) is 0 Å². The Hall–Kier alpha value is -4.18. The molecule has 39 heavy (non-hydrogen) atoms. The number of nitrogens with one attached hydrogen (secondary N) is 1. The SMILES string of the molecule is CCOCCOC(=O)C1=C(C)NC2=C(C(=O)C[C@@H](c3ccc(OC)c(OC)c3)C2)[C@@H]1c1cccc([N+](=O)[O-])c1. The Labute approximate surface area is 226 Å².